The fraction of sp³-hybridized carbons (Fsp3) is 0.103. The van der Waals surface area contributed by atoms with Crippen LogP contribution in [-0.2, 0) is 11.4 Å². The average Bonchev–Trinajstić information content (AvgIpc) is 2.88. The van der Waals surface area contributed by atoms with Gasteiger partial charge in [-0.1, -0.05) is 48.0 Å². The molecule has 7 heteroatoms. The van der Waals surface area contributed by atoms with Crippen LogP contribution in [0.3, 0.4) is 0 Å². The molecule has 0 fully saturated rings. The Balaban J connectivity index is 1.47. The molecule has 36 heavy (non-hydrogen) atoms. The summed E-state index contributed by atoms with van der Waals surface area (Å²) in [6.07, 6.45) is 1.48. The van der Waals surface area contributed by atoms with Crippen LogP contribution in [0.5, 0.6) is 11.5 Å². The molecule has 1 N–H and O–H groups in total. The standard InChI is InChI=1S/C29H22BrClN2O3/c1-2-35-25-11-9-24(10-12-25)33-29(34)23(17-32)14-20-15-26(30)28(27(31)16-20)36-18-19-7-8-21-5-3-4-6-22(21)13-19/h3-16H,2,18H2,1H3,(H,33,34)/b23-14-. The minimum Gasteiger partial charge on any atom is -0.494 e. The molecule has 1 amide bonds. The highest BCUT2D eigenvalue weighted by molar-refractivity contribution is 9.10. The van der Waals surface area contributed by atoms with Gasteiger partial charge in [-0.15, -0.1) is 0 Å². The summed E-state index contributed by atoms with van der Waals surface area (Å²) in [5.74, 6) is 0.666. The van der Waals surface area contributed by atoms with Gasteiger partial charge in [0.05, 0.1) is 16.1 Å². The van der Waals surface area contributed by atoms with E-state index in [9.17, 15) is 10.1 Å². The molecule has 0 aromatic heterocycles. The summed E-state index contributed by atoms with van der Waals surface area (Å²) in [7, 11) is 0. The second-order valence-electron chi connectivity index (χ2n) is 7.87. The van der Waals surface area contributed by atoms with E-state index in [-0.39, 0.29) is 5.57 Å². The molecule has 0 radical (unpaired) electrons. The number of anilines is 1. The monoisotopic (exact) mass is 560 g/mol. The number of rotatable bonds is 8. The maximum Gasteiger partial charge on any atom is 0.266 e. The average molecular weight is 562 g/mol. The molecule has 5 nitrogen and oxygen atoms in total. The van der Waals surface area contributed by atoms with Crippen molar-refractivity contribution in [3.63, 3.8) is 0 Å². The summed E-state index contributed by atoms with van der Waals surface area (Å²) in [5, 5.41) is 14.9. The van der Waals surface area contributed by atoms with Crippen molar-refractivity contribution in [3.05, 3.63) is 105 Å². The van der Waals surface area contributed by atoms with Gasteiger partial charge in [-0.2, -0.15) is 5.26 Å². The van der Waals surface area contributed by atoms with Crippen LogP contribution in [0.15, 0.2) is 88.9 Å². The number of carbonyl (C=O) groups excluding carboxylic acids is 1. The number of amides is 1. The van der Waals surface area contributed by atoms with E-state index in [1.807, 2.05) is 31.2 Å². The van der Waals surface area contributed by atoms with Crippen molar-refractivity contribution in [2.45, 2.75) is 13.5 Å². The smallest absolute Gasteiger partial charge is 0.266 e. The van der Waals surface area contributed by atoms with Crippen LogP contribution in [0, 0.1) is 11.3 Å². The van der Waals surface area contributed by atoms with Crippen molar-refractivity contribution in [3.8, 4) is 17.6 Å². The molecular weight excluding hydrogens is 540 g/mol. The van der Waals surface area contributed by atoms with Gasteiger partial charge >= 0.3 is 0 Å². The van der Waals surface area contributed by atoms with Crippen LogP contribution in [0.2, 0.25) is 5.02 Å². The molecule has 4 aromatic rings. The first kappa shape index (κ1) is 25.3. The molecule has 4 rings (SSSR count). The number of hydrogen-bond acceptors (Lipinski definition) is 4. The van der Waals surface area contributed by atoms with Crippen LogP contribution in [0.4, 0.5) is 5.69 Å². The predicted octanol–water partition coefficient (Wildman–Crippen LogP) is 7.78. The molecule has 0 heterocycles. The third-order valence-corrected chi connectivity index (χ3v) is 6.19. The second kappa shape index (κ2) is 11.8. The van der Waals surface area contributed by atoms with Crippen molar-refractivity contribution in [2.24, 2.45) is 0 Å². The highest BCUT2D eigenvalue weighted by Crippen LogP contribution is 2.36. The summed E-state index contributed by atoms with van der Waals surface area (Å²) in [6, 6.07) is 26.6. The second-order valence-corrected chi connectivity index (χ2v) is 9.13. The molecule has 180 valence electrons. The molecule has 4 aromatic carbocycles. The van der Waals surface area contributed by atoms with E-state index in [4.69, 9.17) is 21.1 Å². The Labute approximate surface area is 223 Å². The van der Waals surface area contributed by atoms with Crippen LogP contribution in [-0.4, -0.2) is 12.5 Å². The van der Waals surface area contributed by atoms with Crippen molar-refractivity contribution in [1.82, 2.24) is 0 Å². The highest BCUT2D eigenvalue weighted by atomic mass is 79.9. The van der Waals surface area contributed by atoms with Crippen molar-refractivity contribution in [1.29, 1.82) is 5.26 Å². The van der Waals surface area contributed by atoms with Crippen LogP contribution in [0.1, 0.15) is 18.1 Å². The quantitative estimate of drug-likeness (QED) is 0.176. The first-order valence-corrected chi connectivity index (χ1v) is 12.4. The highest BCUT2D eigenvalue weighted by Gasteiger charge is 2.13. The minimum absolute atomic E-state index is 0.0586. The maximum absolute atomic E-state index is 12.6. The lowest BCUT2D eigenvalue weighted by molar-refractivity contribution is -0.112. The lowest BCUT2D eigenvalue weighted by Gasteiger charge is -2.12. The topological polar surface area (TPSA) is 71.3 Å². The molecule has 0 aliphatic heterocycles. The number of carbonyl (C=O) groups is 1. The van der Waals surface area contributed by atoms with Crippen LogP contribution in [0.25, 0.3) is 16.8 Å². The molecule has 0 aliphatic rings. The molecule has 0 atom stereocenters. The Morgan fingerprint density at radius 1 is 1.03 bits per heavy atom. The Kier molecular flexibility index (Phi) is 8.27. The van der Waals surface area contributed by atoms with Gasteiger partial charge < -0.3 is 14.8 Å². The van der Waals surface area contributed by atoms with E-state index in [1.54, 1.807) is 36.4 Å². The zero-order chi connectivity index (χ0) is 25.5. The number of hydrogen-bond donors (Lipinski definition) is 1. The van der Waals surface area contributed by atoms with Gasteiger partial charge in [-0.05, 0) is 93.3 Å². The normalized spacial score (nSPS) is 11.1. The SMILES string of the molecule is CCOc1ccc(NC(=O)/C(C#N)=C\c2cc(Cl)c(OCc3ccc4ccccc4c3)c(Br)c2)cc1. The number of halogens is 2. The van der Waals surface area contributed by atoms with Gasteiger partial charge in [0.25, 0.3) is 5.91 Å². The number of fused-ring (bicyclic) bond motifs is 1. The van der Waals surface area contributed by atoms with Gasteiger partial charge in [-0.25, -0.2) is 0 Å². The van der Waals surface area contributed by atoms with Crippen molar-refractivity contribution < 1.29 is 14.3 Å². The number of nitrogens with zero attached hydrogens (tertiary/aromatic N) is 1. The molecule has 0 aliphatic carbocycles. The van der Waals surface area contributed by atoms with E-state index in [0.717, 1.165) is 16.3 Å². The molecule has 0 spiro atoms. The summed E-state index contributed by atoms with van der Waals surface area (Å²) >= 11 is 9.99. The number of nitriles is 1. The number of ether oxygens (including phenoxy) is 2. The summed E-state index contributed by atoms with van der Waals surface area (Å²) in [5.41, 5.74) is 2.10. The van der Waals surface area contributed by atoms with Gasteiger partial charge in [0.1, 0.15) is 24.0 Å². The lowest BCUT2D eigenvalue weighted by Crippen LogP contribution is -2.13. The van der Waals surface area contributed by atoms with Crippen molar-refractivity contribution >= 4 is 56.0 Å². The number of nitrogens with one attached hydrogen (secondary N) is 1. The van der Waals surface area contributed by atoms with Crippen LogP contribution >= 0.6 is 27.5 Å². The fourth-order valence-electron chi connectivity index (χ4n) is 3.60. The third kappa shape index (κ3) is 6.25. The largest absolute Gasteiger partial charge is 0.494 e. The van der Waals surface area contributed by atoms with Gasteiger partial charge in [-0.3, -0.25) is 4.79 Å². The van der Waals surface area contributed by atoms with Gasteiger partial charge in [0, 0.05) is 5.69 Å². The Morgan fingerprint density at radius 3 is 2.47 bits per heavy atom. The third-order valence-electron chi connectivity index (χ3n) is 5.32. The predicted molar refractivity (Wildman–Crippen MR) is 147 cm³/mol. The first-order valence-electron chi connectivity index (χ1n) is 11.2. The molecular formula is C29H22BrClN2O3. The Hall–Kier alpha value is -3.79. The van der Waals surface area contributed by atoms with E-state index in [0.29, 0.717) is 45.5 Å². The van der Waals surface area contributed by atoms with Crippen molar-refractivity contribution in [2.75, 3.05) is 11.9 Å². The van der Waals surface area contributed by atoms with E-state index in [1.165, 1.54) is 6.08 Å². The minimum atomic E-state index is -0.523. The van der Waals surface area contributed by atoms with Gasteiger partial charge in [0.15, 0.2) is 5.75 Å². The molecule has 0 saturated carbocycles. The summed E-state index contributed by atoms with van der Waals surface area (Å²) in [6.45, 7) is 2.79. The summed E-state index contributed by atoms with van der Waals surface area (Å²) in [4.78, 5) is 12.6. The Morgan fingerprint density at radius 2 is 1.78 bits per heavy atom. The lowest BCUT2D eigenvalue weighted by atomic mass is 10.1. The Bertz CT molecular complexity index is 1450. The zero-order valence-corrected chi connectivity index (χ0v) is 21.8. The fourth-order valence-corrected chi connectivity index (χ4v) is 4.59. The van der Waals surface area contributed by atoms with E-state index < -0.39 is 5.91 Å². The molecule has 0 unspecified atom stereocenters. The zero-order valence-electron chi connectivity index (χ0n) is 19.4. The molecule has 0 bridgehead atoms. The first-order chi connectivity index (χ1) is 17.5. The molecule has 0 saturated heterocycles. The van der Waals surface area contributed by atoms with Gasteiger partial charge in [0.2, 0.25) is 0 Å². The maximum atomic E-state index is 12.6. The van der Waals surface area contributed by atoms with Crippen LogP contribution < -0.4 is 14.8 Å². The van der Waals surface area contributed by atoms with E-state index in [2.05, 4.69) is 45.5 Å². The number of benzene rings is 4. The van der Waals surface area contributed by atoms with E-state index >= 15 is 0 Å². The summed E-state index contributed by atoms with van der Waals surface area (Å²) < 4.78 is 12.0.